The Bertz CT molecular complexity index is 201. The molecule has 1 heterocycles. The third-order valence-corrected chi connectivity index (χ3v) is 1.63. The van der Waals surface area contributed by atoms with E-state index in [2.05, 4.69) is 4.99 Å². The molecule has 0 saturated heterocycles. The van der Waals surface area contributed by atoms with Gasteiger partial charge in [-0.25, -0.2) is 4.99 Å². The summed E-state index contributed by atoms with van der Waals surface area (Å²) in [6.07, 6.45) is 0. The minimum atomic E-state index is 0.0648. The van der Waals surface area contributed by atoms with Crippen LogP contribution in [0, 0.1) is 0 Å². The van der Waals surface area contributed by atoms with Crippen molar-refractivity contribution < 1.29 is 4.79 Å². The van der Waals surface area contributed by atoms with Crippen LogP contribution < -0.4 is 0 Å². The number of aliphatic imine (C=N–C) groups is 1. The molecule has 0 N–H and O–H groups in total. The van der Waals surface area contributed by atoms with Gasteiger partial charge >= 0.3 is 0 Å². The Morgan fingerprint density at radius 1 is 1.67 bits per heavy atom. The quantitative estimate of drug-likeness (QED) is 0.479. The highest BCUT2D eigenvalue weighted by Gasteiger charge is 2.14. The molecule has 1 aliphatic rings. The number of nitrogens with zero attached hydrogens (tertiary/aromatic N) is 1. The van der Waals surface area contributed by atoms with E-state index >= 15 is 0 Å². The molecule has 0 spiro atoms. The lowest BCUT2D eigenvalue weighted by molar-refractivity contribution is -0.107. The maximum absolute atomic E-state index is 10.8. The van der Waals surface area contributed by atoms with Crippen LogP contribution in [-0.4, -0.2) is 10.7 Å². The van der Waals surface area contributed by atoms with Gasteiger partial charge in [0.2, 0.25) is 5.12 Å². The fourth-order valence-corrected chi connectivity index (χ4v) is 1.19. The Kier molecular flexibility index (Phi) is 1.71. The first-order valence-electron chi connectivity index (χ1n) is 2.63. The van der Waals surface area contributed by atoms with Crippen LogP contribution in [0.4, 0.5) is 0 Å². The molecule has 3 heteroatoms. The molecule has 0 amide bonds. The molecule has 1 aliphatic heterocycles. The minimum absolute atomic E-state index is 0.0648. The standard InChI is InChI=1S/C6H7NOS/c1-4(2)5-6(8)9-3-7-5/h3H,1-2H3. The van der Waals surface area contributed by atoms with Gasteiger partial charge in [-0.1, -0.05) is 0 Å². The van der Waals surface area contributed by atoms with E-state index in [1.807, 2.05) is 13.8 Å². The summed E-state index contributed by atoms with van der Waals surface area (Å²) in [5.74, 6) is 0. The molecular weight excluding hydrogens is 134 g/mol. The van der Waals surface area contributed by atoms with Crippen LogP contribution in [0.5, 0.6) is 0 Å². The van der Waals surface area contributed by atoms with Gasteiger partial charge in [-0.05, 0) is 31.2 Å². The maximum Gasteiger partial charge on any atom is 0.243 e. The van der Waals surface area contributed by atoms with E-state index in [4.69, 9.17) is 0 Å². The molecule has 9 heavy (non-hydrogen) atoms. The van der Waals surface area contributed by atoms with Crippen LogP contribution in [0.25, 0.3) is 0 Å². The van der Waals surface area contributed by atoms with Gasteiger partial charge in [0.05, 0.1) is 5.55 Å². The third-order valence-electron chi connectivity index (χ3n) is 1.01. The van der Waals surface area contributed by atoms with Crippen molar-refractivity contribution in [2.75, 3.05) is 0 Å². The van der Waals surface area contributed by atoms with Crippen molar-refractivity contribution in [2.45, 2.75) is 13.8 Å². The fraction of sp³-hybridized carbons (Fsp3) is 0.333. The van der Waals surface area contributed by atoms with Gasteiger partial charge < -0.3 is 0 Å². The lowest BCUT2D eigenvalue weighted by Crippen LogP contribution is -1.89. The van der Waals surface area contributed by atoms with Crippen molar-refractivity contribution in [2.24, 2.45) is 4.99 Å². The van der Waals surface area contributed by atoms with Gasteiger partial charge in [-0.2, -0.15) is 0 Å². The largest absolute Gasteiger partial charge is 0.279 e. The fourth-order valence-electron chi connectivity index (χ4n) is 0.569. The Labute approximate surface area is 58.0 Å². The van der Waals surface area contributed by atoms with Crippen molar-refractivity contribution >= 4 is 22.4 Å². The van der Waals surface area contributed by atoms with E-state index < -0.39 is 0 Å². The highest BCUT2D eigenvalue weighted by atomic mass is 32.2. The van der Waals surface area contributed by atoms with Crippen molar-refractivity contribution in [1.29, 1.82) is 0 Å². The molecule has 48 valence electrons. The van der Waals surface area contributed by atoms with Gasteiger partial charge in [0.1, 0.15) is 5.70 Å². The van der Waals surface area contributed by atoms with Crippen molar-refractivity contribution in [3.05, 3.63) is 11.3 Å². The predicted octanol–water partition coefficient (Wildman–Crippen LogP) is 1.58. The van der Waals surface area contributed by atoms with Crippen molar-refractivity contribution in [1.82, 2.24) is 0 Å². The number of allylic oxidation sites excluding steroid dienone is 1. The summed E-state index contributed by atoms with van der Waals surface area (Å²) < 4.78 is 0. The Hall–Kier alpha value is -0.570. The van der Waals surface area contributed by atoms with E-state index in [1.54, 1.807) is 5.55 Å². The first-order valence-corrected chi connectivity index (χ1v) is 3.51. The van der Waals surface area contributed by atoms with E-state index in [9.17, 15) is 4.79 Å². The molecule has 0 fully saturated rings. The molecule has 2 nitrogen and oxygen atoms in total. The van der Waals surface area contributed by atoms with Crippen LogP contribution in [0.3, 0.4) is 0 Å². The highest BCUT2D eigenvalue weighted by Crippen LogP contribution is 2.19. The minimum Gasteiger partial charge on any atom is -0.279 e. The van der Waals surface area contributed by atoms with Crippen LogP contribution in [0.15, 0.2) is 16.3 Å². The Morgan fingerprint density at radius 2 is 2.33 bits per heavy atom. The smallest absolute Gasteiger partial charge is 0.243 e. The van der Waals surface area contributed by atoms with E-state index in [-0.39, 0.29) is 5.12 Å². The second kappa shape index (κ2) is 2.35. The molecule has 0 atom stereocenters. The van der Waals surface area contributed by atoms with Crippen LogP contribution >= 0.6 is 11.8 Å². The second-order valence-corrected chi connectivity index (χ2v) is 2.81. The lowest BCUT2D eigenvalue weighted by Gasteiger charge is -1.90. The normalized spacial score (nSPS) is 17.1. The monoisotopic (exact) mass is 141 g/mol. The molecule has 0 aromatic heterocycles. The topological polar surface area (TPSA) is 29.4 Å². The maximum atomic E-state index is 10.8. The zero-order valence-corrected chi connectivity index (χ0v) is 6.16. The van der Waals surface area contributed by atoms with Crippen LogP contribution in [0.1, 0.15) is 13.8 Å². The summed E-state index contributed by atoms with van der Waals surface area (Å²) in [7, 11) is 0. The van der Waals surface area contributed by atoms with Crippen LogP contribution in [-0.2, 0) is 4.79 Å². The van der Waals surface area contributed by atoms with E-state index in [0.29, 0.717) is 5.70 Å². The van der Waals surface area contributed by atoms with E-state index in [0.717, 1.165) is 17.3 Å². The number of hydrogen-bond donors (Lipinski definition) is 0. The zero-order valence-electron chi connectivity index (χ0n) is 5.34. The molecule has 0 saturated carbocycles. The summed E-state index contributed by atoms with van der Waals surface area (Å²) in [6.45, 7) is 3.77. The highest BCUT2D eigenvalue weighted by molar-refractivity contribution is 8.25. The number of hydrogen-bond acceptors (Lipinski definition) is 3. The third kappa shape index (κ3) is 1.21. The number of rotatable bonds is 0. The summed E-state index contributed by atoms with van der Waals surface area (Å²) in [6, 6.07) is 0. The molecule has 0 aromatic rings. The molecule has 0 radical (unpaired) electrons. The van der Waals surface area contributed by atoms with Gasteiger partial charge in [-0.15, -0.1) is 0 Å². The predicted molar refractivity (Wildman–Crippen MR) is 39.5 cm³/mol. The van der Waals surface area contributed by atoms with Gasteiger partial charge in [-0.3, -0.25) is 4.79 Å². The van der Waals surface area contributed by atoms with Gasteiger partial charge in [0.15, 0.2) is 0 Å². The molecular formula is C6H7NOS. The SMILES string of the molecule is CC(C)=C1N=CSC1=O. The first-order chi connectivity index (χ1) is 4.22. The molecule has 0 unspecified atom stereocenters. The van der Waals surface area contributed by atoms with Gasteiger partial charge in [0, 0.05) is 0 Å². The zero-order chi connectivity index (χ0) is 6.85. The second-order valence-electron chi connectivity index (χ2n) is 1.99. The molecule has 0 aliphatic carbocycles. The van der Waals surface area contributed by atoms with Crippen molar-refractivity contribution in [3.8, 4) is 0 Å². The van der Waals surface area contributed by atoms with Crippen LogP contribution in [0.2, 0.25) is 0 Å². The summed E-state index contributed by atoms with van der Waals surface area (Å²) in [5, 5.41) is 0.0648. The molecule has 0 aromatic carbocycles. The number of thioether (sulfide) groups is 1. The number of carbonyl (C=O) groups is 1. The Morgan fingerprint density at radius 3 is 2.56 bits per heavy atom. The number of carbonyl (C=O) groups excluding carboxylic acids is 1. The van der Waals surface area contributed by atoms with Gasteiger partial charge in [0.25, 0.3) is 0 Å². The lowest BCUT2D eigenvalue weighted by atomic mass is 10.3. The average Bonchev–Trinajstić information content (AvgIpc) is 2.13. The first kappa shape index (κ1) is 6.55. The molecule has 1 rings (SSSR count). The van der Waals surface area contributed by atoms with E-state index in [1.165, 1.54) is 0 Å². The van der Waals surface area contributed by atoms with Crippen molar-refractivity contribution in [3.63, 3.8) is 0 Å². The summed E-state index contributed by atoms with van der Waals surface area (Å²) in [5.41, 5.74) is 3.17. The Balaban J connectivity index is 2.95. The molecule has 0 bridgehead atoms. The summed E-state index contributed by atoms with van der Waals surface area (Å²) >= 11 is 1.15. The summed E-state index contributed by atoms with van der Waals surface area (Å²) in [4.78, 5) is 14.7. The average molecular weight is 141 g/mol.